The van der Waals surface area contributed by atoms with Gasteiger partial charge in [-0.25, -0.2) is 4.79 Å². The van der Waals surface area contributed by atoms with Gasteiger partial charge in [0.1, 0.15) is 0 Å². The zero-order chi connectivity index (χ0) is 18.5. The number of aryl methyl sites for hydroxylation is 2. The van der Waals surface area contributed by atoms with Crippen LogP contribution in [0.4, 0.5) is 10.5 Å². The van der Waals surface area contributed by atoms with Crippen molar-refractivity contribution in [2.24, 2.45) is 7.05 Å². The van der Waals surface area contributed by atoms with Crippen molar-refractivity contribution >= 4 is 11.7 Å². The Kier molecular flexibility index (Phi) is 5.12. The van der Waals surface area contributed by atoms with Gasteiger partial charge in [-0.05, 0) is 36.2 Å². The monoisotopic (exact) mass is 348 g/mol. The van der Waals surface area contributed by atoms with Crippen LogP contribution in [-0.4, -0.2) is 15.6 Å². The Morgan fingerprint density at radius 2 is 2.00 bits per heavy atom. The molecule has 1 aromatic carbocycles. The van der Waals surface area contributed by atoms with Gasteiger partial charge >= 0.3 is 6.03 Å². The van der Waals surface area contributed by atoms with Gasteiger partial charge in [0, 0.05) is 37.6 Å². The molecule has 2 amide bonds. The Morgan fingerprint density at radius 1 is 1.15 bits per heavy atom. The zero-order valence-corrected chi connectivity index (χ0v) is 14.7. The Bertz CT molecular complexity index is 981. The third kappa shape index (κ3) is 4.16. The number of carbonyl (C=O) groups excluding carboxylic acids is 1. The van der Waals surface area contributed by atoms with Crippen LogP contribution >= 0.6 is 0 Å². The lowest BCUT2D eigenvalue weighted by atomic mass is 10.1. The lowest BCUT2D eigenvalue weighted by Crippen LogP contribution is -2.29. The van der Waals surface area contributed by atoms with Crippen LogP contribution in [0.25, 0.3) is 11.3 Å². The summed E-state index contributed by atoms with van der Waals surface area (Å²) in [4.78, 5) is 28.1. The van der Waals surface area contributed by atoms with Gasteiger partial charge in [-0.15, -0.1) is 0 Å². The number of hydrogen-bond acceptors (Lipinski definition) is 3. The van der Waals surface area contributed by atoms with Crippen LogP contribution in [0.1, 0.15) is 11.1 Å². The van der Waals surface area contributed by atoms with Crippen molar-refractivity contribution in [2.45, 2.75) is 13.5 Å². The second kappa shape index (κ2) is 7.65. The number of aromatic nitrogens is 2. The van der Waals surface area contributed by atoms with Crippen LogP contribution in [0.2, 0.25) is 0 Å². The highest BCUT2D eigenvalue weighted by Crippen LogP contribution is 2.17. The summed E-state index contributed by atoms with van der Waals surface area (Å²) in [7, 11) is 1.65. The second-order valence-corrected chi connectivity index (χ2v) is 6.04. The van der Waals surface area contributed by atoms with E-state index < -0.39 is 0 Å². The van der Waals surface area contributed by atoms with E-state index in [-0.39, 0.29) is 11.6 Å². The van der Waals surface area contributed by atoms with Crippen molar-refractivity contribution in [3.63, 3.8) is 0 Å². The highest BCUT2D eigenvalue weighted by molar-refractivity contribution is 5.89. The first-order valence-corrected chi connectivity index (χ1v) is 8.25. The predicted octanol–water partition coefficient (Wildman–Crippen LogP) is 3.08. The number of pyridine rings is 2. The Morgan fingerprint density at radius 3 is 2.77 bits per heavy atom. The predicted molar refractivity (Wildman–Crippen MR) is 102 cm³/mol. The third-order valence-electron chi connectivity index (χ3n) is 4.02. The average Bonchev–Trinajstić information content (AvgIpc) is 2.65. The molecule has 6 nitrogen and oxygen atoms in total. The van der Waals surface area contributed by atoms with E-state index in [1.54, 1.807) is 26.4 Å². The highest BCUT2D eigenvalue weighted by atomic mass is 16.2. The smallest absolute Gasteiger partial charge is 0.319 e. The van der Waals surface area contributed by atoms with Crippen molar-refractivity contribution in [1.82, 2.24) is 14.9 Å². The van der Waals surface area contributed by atoms with E-state index >= 15 is 0 Å². The first-order valence-electron chi connectivity index (χ1n) is 8.25. The van der Waals surface area contributed by atoms with Crippen molar-refractivity contribution in [1.29, 1.82) is 0 Å². The third-order valence-corrected chi connectivity index (χ3v) is 4.02. The van der Waals surface area contributed by atoms with E-state index in [0.29, 0.717) is 12.2 Å². The molecule has 2 N–H and O–H groups in total. The van der Waals surface area contributed by atoms with Crippen LogP contribution in [-0.2, 0) is 13.6 Å². The van der Waals surface area contributed by atoms with E-state index in [1.807, 2.05) is 42.5 Å². The largest absolute Gasteiger partial charge is 0.334 e. The molecule has 0 radical (unpaired) electrons. The summed E-state index contributed by atoms with van der Waals surface area (Å²) in [6, 6.07) is 14.8. The van der Waals surface area contributed by atoms with Gasteiger partial charge in [-0.2, -0.15) is 0 Å². The van der Waals surface area contributed by atoms with Gasteiger partial charge in [-0.3, -0.25) is 9.78 Å². The fourth-order valence-corrected chi connectivity index (χ4v) is 2.58. The molecule has 0 fully saturated rings. The topological polar surface area (TPSA) is 76.0 Å². The molecule has 2 aromatic heterocycles. The summed E-state index contributed by atoms with van der Waals surface area (Å²) in [5.74, 6) is 0. The van der Waals surface area contributed by atoms with Gasteiger partial charge < -0.3 is 15.2 Å². The van der Waals surface area contributed by atoms with E-state index in [4.69, 9.17) is 0 Å². The maximum Gasteiger partial charge on any atom is 0.319 e. The SMILES string of the molecule is Cc1cc(=O)n(C)cc1NC(=O)NCc1cccc(-c2ccccn2)c1. The number of benzene rings is 1. The minimum absolute atomic E-state index is 0.111. The summed E-state index contributed by atoms with van der Waals surface area (Å²) in [6.07, 6.45) is 3.36. The van der Waals surface area contributed by atoms with Crippen molar-refractivity contribution < 1.29 is 4.79 Å². The lowest BCUT2D eigenvalue weighted by molar-refractivity contribution is 0.251. The van der Waals surface area contributed by atoms with Gasteiger partial charge in [0.15, 0.2) is 0 Å². The van der Waals surface area contributed by atoms with Crippen molar-refractivity contribution in [3.05, 3.63) is 82.4 Å². The number of carbonyl (C=O) groups is 1. The van der Waals surface area contributed by atoms with E-state index in [2.05, 4.69) is 15.6 Å². The number of rotatable bonds is 4. The second-order valence-electron chi connectivity index (χ2n) is 6.04. The molecule has 0 spiro atoms. The van der Waals surface area contributed by atoms with Crippen molar-refractivity contribution in [3.8, 4) is 11.3 Å². The summed E-state index contributed by atoms with van der Waals surface area (Å²) in [6.45, 7) is 2.17. The molecule has 0 unspecified atom stereocenters. The summed E-state index contributed by atoms with van der Waals surface area (Å²) < 4.78 is 1.43. The molecular weight excluding hydrogens is 328 g/mol. The minimum Gasteiger partial charge on any atom is -0.334 e. The number of anilines is 1. The molecule has 132 valence electrons. The maximum atomic E-state index is 12.2. The normalized spacial score (nSPS) is 10.4. The Labute approximate surface area is 151 Å². The first kappa shape index (κ1) is 17.4. The molecule has 6 heteroatoms. The quantitative estimate of drug-likeness (QED) is 0.761. The molecule has 0 saturated carbocycles. The van der Waals surface area contributed by atoms with Gasteiger partial charge in [-0.1, -0.05) is 24.3 Å². The minimum atomic E-state index is -0.324. The number of hydrogen-bond donors (Lipinski definition) is 2. The van der Waals surface area contributed by atoms with Gasteiger partial charge in [0.25, 0.3) is 5.56 Å². The molecular formula is C20H20N4O2. The molecule has 0 saturated heterocycles. The van der Waals surface area contributed by atoms with E-state index in [9.17, 15) is 9.59 Å². The fraction of sp³-hybridized carbons (Fsp3) is 0.150. The van der Waals surface area contributed by atoms with Crippen LogP contribution in [0.15, 0.2) is 65.7 Å². The summed E-state index contributed by atoms with van der Waals surface area (Å²) in [5.41, 5.74) is 4.08. The molecule has 0 bridgehead atoms. The first-order chi connectivity index (χ1) is 12.5. The number of nitrogens with zero attached hydrogens (tertiary/aromatic N) is 2. The molecule has 0 atom stereocenters. The number of amides is 2. The van der Waals surface area contributed by atoms with Crippen LogP contribution in [0.3, 0.4) is 0 Å². The molecule has 2 heterocycles. The summed E-state index contributed by atoms with van der Waals surface area (Å²) >= 11 is 0. The summed E-state index contributed by atoms with van der Waals surface area (Å²) in [5, 5.41) is 5.60. The van der Waals surface area contributed by atoms with Crippen LogP contribution < -0.4 is 16.2 Å². The van der Waals surface area contributed by atoms with Gasteiger partial charge in [0.05, 0.1) is 11.4 Å². The zero-order valence-electron chi connectivity index (χ0n) is 14.7. The lowest BCUT2D eigenvalue weighted by Gasteiger charge is -2.11. The van der Waals surface area contributed by atoms with Crippen LogP contribution in [0.5, 0.6) is 0 Å². The van der Waals surface area contributed by atoms with E-state index in [1.165, 1.54) is 10.6 Å². The number of nitrogens with one attached hydrogen (secondary N) is 2. The van der Waals surface area contributed by atoms with Gasteiger partial charge in [0.2, 0.25) is 0 Å². The maximum absolute atomic E-state index is 12.2. The number of urea groups is 1. The van der Waals surface area contributed by atoms with Crippen LogP contribution in [0, 0.1) is 6.92 Å². The van der Waals surface area contributed by atoms with E-state index in [0.717, 1.165) is 22.4 Å². The van der Waals surface area contributed by atoms with Crippen molar-refractivity contribution in [2.75, 3.05) is 5.32 Å². The molecule has 0 aliphatic rings. The molecule has 0 aliphatic heterocycles. The Hall–Kier alpha value is -3.41. The Balaban J connectivity index is 1.65. The molecule has 3 aromatic rings. The molecule has 0 aliphatic carbocycles. The average molecular weight is 348 g/mol. The molecule has 26 heavy (non-hydrogen) atoms. The fourth-order valence-electron chi connectivity index (χ4n) is 2.58. The highest BCUT2D eigenvalue weighted by Gasteiger charge is 2.07. The standard InChI is InChI=1S/C20H20N4O2/c1-14-10-19(25)24(2)13-18(14)23-20(26)22-12-15-6-5-7-16(11-15)17-8-3-4-9-21-17/h3-11,13H,12H2,1-2H3,(H2,22,23,26). The molecule has 3 rings (SSSR count).